The highest BCUT2D eigenvalue weighted by Crippen LogP contribution is 2.31. The molecule has 0 radical (unpaired) electrons. The molecule has 0 saturated carbocycles. The standard InChI is InChI=1S/C31H40N2O9/c1-19(2)30(36)42-27-20(3)41-31(37)24(14-10-9-13-23(27)17-22-11-7-6-8-12-22)33-29(35)26-28(40-18-39-21(4)34)25(38-5)15-16-32-26/h6-8,11-12,15-16,19-20,23-24,27H,9-10,13-14,17-18H2,1-5H3,(H,33,35)/t20-,23+,24-,27-/m0/s1. The van der Waals surface area contributed by atoms with Crippen LogP contribution in [-0.2, 0) is 35.0 Å². The summed E-state index contributed by atoms with van der Waals surface area (Å²) in [5, 5.41) is 2.71. The van der Waals surface area contributed by atoms with Crippen molar-refractivity contribution < 1.29 is 42.9 Å². The van der Waals surface area contributed by atoms with E-state index >= 15 is 0 Å². The van der Waals surface area contributed by atoms with Crippen LogP contribution in [0.5, 0.6) is 11.5 Å². The number of pyridine rings is 1. The van der Waals surface area contributed by atoms with Crippen LogP contribution in [-0.4, -0.2) is 61.0 Å². The van der Waals surface area contributed by atoms with E-state index in [2.05, 4.69) is 10.3 Å². The Hall–Kier alpha value is -4.15. The summed E-state index contributed by atoms with van der Waals surface area (Å²) in [4.78, 5) is 54.7. The van der Waals surface area contributed by atoms with Gasteiger partial charge in [-0.05, 0) is 31.7 Å². The van der Waals surface area contributed by atoms with E-state index in [1.165, 1.54) is 26.3 Å². The van der Waals surface area contributed by atoms with Gasteiger partial charge in [-0.2, -0.15) is 0 Å². The molecule has 1 aliphatic heterocycles. The van der Waals surface area contributed by atoms with Gasteiger partial charge in [0, 0.05) is 25.1 Å². The van der Waals surface area contributed by atoms with Crippen molar-refractivity contribution in [1.82, 2.24) is 10.3 Å². The van der Waals surface area contributed by atoms with Gasteiger partial charge in [0.05, 0.1) is 13.0 Å². The molecule has 11 nitrogen and oxygen atoms in total. The van der Waals surface area contributed by atoms with Crippen molar-refractivity contribution in [3.8, 4) is 11.5 Å². The van der Waals surface area contributed by atoms with Gasteiger partial charge in [0.25, 0.3) is 5.91 Å². The number of methoxy groups -OCH3 is 1. The van der Waals surface area contributed by atoms with Crippen molar-refractivity contribution in [2.45, 2.75) is 78.0 Å². The van der Waals surface area contributed by atoms with Crippen molar-refractivity contribution in [2.75, 3.05) is 13.9 Å². The van der Waals surface area contributed by atoms with Crippen LogP contribution < -0.4 is 14.8 Å². The third-order valence-electron chi connectivity index (χ3n) is 6.97. The number of amides is 1. The number of hydrogen-bond acceptors (Lipinski definition) is 10. The number of hydrogen-bond donors (Lipinski definition) is 1. The first-order valence-electron chi connectivity index (χ1n) is 14.2. The zero-order valence-corrected chi connectivity index (χ0v) is 24.8. The summed E-state index contributed by atoms with van der Waals surface area (Å²) in [6.45, 7) is 5.99. The maximum atomic E-state index is 13.4. The maximum absolute atomic E-state index is 13.4. The fourth-order valence-electron chi connectivity index (χ4n) is 4.77. The average Bonchev–Trinajstić information content (AvgIpc) is 2.96. The smallest absolute Gasteiger partial charge is 0.329 e. The zero-order valence-electron chi connectivity index (χ0n) is 24.8. The van der Waals surface area contributed by atoms with Crippen molar-refractivity contribution in [1.29, 1.82) is 0 Å². The minimum absolute atomic E-state index is 0.0373. The van der Waals surface area contributed by atoms with Gasteiger partial charge in [-0.15, -0.1) is 0 Å². The van der Waals surface area contributed by atoms with Gasteiger partial charge >= 0.3 is 17.9 Å². The summed E-state index contributed by atoms with van der Waals surface area (Å²) >= 11 is 0. The topological polar surface area (TPSA) is 139 Å². The van der Waals surface area contributed by atoms with Crippen LogP contribution in [0.3, 0.4) is 0 Å². The fourth-order valence-corrected chi connectivity index (χ4v) is 4.77. The largest absolute Gasteiger partial charge is 0.493 e. The van der Waals surface area contributed by atoms with Crippen LogP contribution in [0.25, 0.3) is 0 Å². The Labute approximate surface area is 246 Å². The molecule has 4 atom stereocenters. The number of nitrogens with one attached hydrogen (secondary N) is 1. The van der Waals surface area contributed by atoms with E-state index in [0.29, 0.717) is 19.3 Å². The molecule has 228 valence electrons. The lowest BCUT2D eigenvalue weighted by atomic mass is 9.86. The van der Waals surface area contributed by atoms with E-state index in [-0.39, 0.29) is 35.0 Å². The molecule has 1 saturated heterocycles. The van der Waals surface area contributed by atoms with Gasteiger partial charge in [-0.3, -0.25) is 14.4 Å². The Morgan fingerprint density at radius 2 is 1.81 bits per heavy atom. The molecule has 42 heavy (non-hydrogen) atoms. The highest BCUT2D eigenvalue weighted by Gasteiger charge is 2.36. The van der Waals surface area contributed by atoms with E-state index in [9.17, 15) is 19.2 Å². The van der Waals surface area contributed by atoms with Crippen LogP contribution in [0, 0.1) is 11.8 Å². The predicted octanol–water partition coefficient (Wildman–Crippen LogP) is 4.02. The highest BCUT2D eigenvalue weighted by atomic mass is 16.7. The SMILES string of the molecule is COc1ccnc(C(=O)N[C@H]2CCCC[C@H](Cc3ccccc3)[C@@H](OC(=O)C(C)C)[C@H](C)OC2=O)c1OCOC(C)=O. The molecule has 0 unspecified atom stereocenters. The Kier molecular flexibility index (Phi) is 12.1. The van der Waals surface area contributed by atoms with Crippen molar-refractivity contribution in [3.05, 3.63) is 53.9 Å². The van der Waals surface area contributed by atoms with E-state index in [4.69, 9.17) is 23.7 Å². The summed E-state index contributed by atoms with van der Waals surface area (Å²) in [6, 6.07) is 10.4. The summed E-state index contributed by atoms with van der Waals surface area (Å²) in [6.07, 6.45) is 3.03. The minimum Gasteiger partial charge on any atom is -0.493 e. The molecule has 2 aromatic rings. The Morgan fingerprint density at radius 3 is 2.48 bits per heavy atom. The van der Waals surface area contributed by atoms with E-state index < -0.39 is 42.9 Å². The monoisotopic (exact) mass is 584 g/mol. The Balaban J connectivity index is 1.80. The Bertz CT molecular complexity index is 1220. The van der Waals surface area contributed by atoms with Crippen LogP contribution in [0.15, 0.2) is 42.6 Å². The third kappa shape index (κ3) is 9.19. The number of carbonyl (C=O) groups excluding carboxylic acids is 4. The van der Waals surface area contributed by atoms with Gasteiger partial charge in [0.2, 0.25) is 6.79 Å². The van der Waals surface area contributed by atoms with E-state index in [0.717, 1.165) is 18.4 Å². The predicted molar refractivity (Wildman–Crippen MR) is 152 cm³/mol. The number of carbonyl (C=O) groups is 4. The summed E-state index contributed by atoms with van der Waals surface area (Å²) in [5.74, 6) is -2.52. The fraction of sp³-hybridized carbons (Fsp3) is 0.516. The lowest BCUT2D eigenvalue weighted by Gasteiger charge is -2.34. The molecule has 0 bridgehead atoms. The van der Waals surface area contributed by atoms with Gasteiger partial charge in [0.15, 0.2) is 17.2 Å². The number of esters is 3. The molecule has 2 heterocycles. The van der Waals surface area contributed by atoms with Gasteiger partial charge in [0.1, 0.15) is 18.2 Å². The molecular formula is C31H40N2O9. The number of rotatable bonds is 10. The Morgan fingerprint density at radius 1 is 1.10 bits per heavy atom. The van der Waals surface area contributed by atoms with Gasteiger partial charge in [-0.1, -0.05) is 57.0 Å². The molecule has 11 heteroatoms. The second-order valence-electron chi connectivity index (χ2n) is 10.5. The maximum Gasteiger partial charge on any atom is 0.329 e. The van der Waals surface area contributed by atoms with Crippen molar-refractivity contribution in [2.24, 2.45) is 11.8 Å². The molecule has 1 amide bonds. The van der Waals surface area contributed by atoms with Gasteiger partial charge < -0.3 is 29.0 Å². The van der Waals surface area contributed by atoms with Crippen LogP contribution in [0.2, 0.25) is 0 Å². The highest BCUT2D eigenvalue weighted by molar-refractivity contribution is 5.98. The van der Waals surface area contributed by atoms with Crippen LogP contribution in [0.4, 0.5) is 0 Å². The second-order valence-corrected chi connectivity index (χ2v) is 10.5. The summed E-state index contributed by atoms with van der Waals surface area (Å²) in [7, 11) is 1.39. The van der Waals surface area contributed by atoms with Crippen molar-refractivity contribution >= 4 is 23.8 Å². The molecule has 1 aromatic heterocycles. The zero-order chi connectivity index (χ0) is 30.6. The number of aromatic nitrogens is 1. The molecule has 0 spiro atoms. The molecule has 1 fully saturated rings. The lowest BCUT2D eigenvalue weighted by Crippen LogP contribution is -2.47. The van der Waals surface area contributed by atoms with Crippen LogP contribution in [0.1, 0.15) is 69.4 Å². The molecular weight excluding hydrogens is 544 g/mol. The quantitative estimate of drug-likeness (QED) is 0.247. The number of benzene rings is 1. The van der Waals surface area contributed by atoms with Gasteiger partial charge in [-0.25, -0.2) is 9.78 Å². The van der Waals surface area contributed by atoms with Crippen molar-refractivity contribution in [3.63, 3.8) is 0 Å². The molecule has 1 N–H and O–H groups in total. The normalized spacial score (nSPS) is 21.0. The van der Waals surface area contributed by atoms with E-state index in [1.54, 1.807) is 20.8 Å². The first kappa shape index (κ1) is 32.4. The summed E-state index contributed by atoms with van der Waals surface area (Å²) < 4.78 is 27.4. The lowest BCUT2D eigenvalue weighted by molar-refractivity contribution is -0.175. The second kappa shape index (κ2) is 15.7. The molecule has 1 aliphatic rings. The molecule has 1 aromatic carbocycles. The number of nitrogens with zero attached hydrogens (tertiary/aromatic N) is 1. The number of cyclic esters (lactones) is 1. The molecule has 0 aliphatic carbocycles. The average molecular weight is 585 g/mol. The van der Waals surface area contributed by atoms with E-state index in [1.807, 2.05) is 30.3 Å². The minimum atomic E-state index is -0.985. The first-order chi connectivity index (χ1) is 20.1. The number of ether oxygens (including phenoxy) is 5. The third-order valence-corrected chi connectivity index (χ3v) is 6.97. The van der Waals surface area contributed by atoms with Crippen LogP contribution >= 0.6 is 0 Å². The molecule has 3 rings (SSSR count). The summed E-state index contributed by atoms with van der Waals surface area (Å²) in [5.41, 5.74) is 0.956. The first-order valence-corrected chi connectivity index (χ1v) is 14.2.